The van der Waals surface area contributed by atoms with E-state index in [-0.39, 0.29) is 5.82 Å². The minimum atomic E-state index is -0.293. The highest BCUT2D eigenvalue weighted by molar-refractivity contribution is 7.99. The van der Waals surface area contributed by atoms with Gasteiger partial charge in [0.2, 0.25) is 0 Å². The molecule has 0 heterocycles. The van der Waals surface area contributed by atoms with Crippen LogP contribution >= 0.6 is 11.8 Å². The molecule has 0 spiro atoms. The Morgan fingerprint density at radius 1 is 1.53 bits per heavy atom. The molecule has 1 rings (SSSR count). The van der Waals surface area contributed by atoms with E-state index < -0.39 is 0 Å². The van der Waals surface area contributed by atoms with Crippen LogP contribution in [0, 0.1) is 17.1 Å². The lowest BCUT2D eigenvalue weighted by Gasteiger charge is -2.10. The van der Waals surface area contributed by atoms with Crippen molar-refractivity contribution >= 4 is 11.8 Å². The maximum atomic E-state index is 13.0. The molecule has 1 atom stereocenters. The number of benzene rings is 1. The molecule has 0 amide bonds. The topological polar surface area (TPSA) is 35.8 Å². The fraction of sp³-hybridized carbons (Fsp3) is 0.462. The van der Waals surface area contributed by atoms with E-state index in [4.69, 9.17) is 5.26 Å². The zero-order valence-electron chi connectivity index (χ0n) is 10.2. The maximum absolute atomic E-state index is 13.0. The van der Waals surface area contributed by atoms with Gasteiger partial charge in [-0.2, -0.15) is 17.0 Å². The Morgan fingerprint density at radius 2 is 2.29 bits per heavy atom. The van der Waals surface area contributed by atoms with E-state index in [9.17, 15) is 4.39 Å². The molecule has 0 aliphatic heterocycles. The van der Waals surface area contributed by atoms with Crippen molar-refractivity contribution in [3.05, 3.63) is 35.1 Å². The molecule has 0 fully saturated rings. The lowest BCUT2D eigenvalue weighted by Crippen LogP contribution is -2.18. The molecule has 4 heteroatoms. The van der Waals surface area contributed by atoms with Gasteiger partial charge in [0.05, 0.1) is 11.6 Å². The minimum Gasteiger partial charge on any atom is -0.313 e. The molecule has 1 aromatic rings. The van der Waals surface area contributed by atoms with Crippen LogP contribution in [0.1, 0.15) is 24.5 Å². The third-order valence-electron chi connectivity index (χ3n) is 2.63. The van der Waals surface area contributed by atoms with Crippen LogP contribution in [0.2, 0.25) is 0 Å². The average Bonchev–Trinajstić information content (AvgIpc) is 2.34. The van der Waals surface area contributed by atoms with Crippen molar-refractivity contribution in [2.24, 2.45) is 0 Å². The van der Waals surface area contributed by atoms with Gasteiger partial charge in [-0.05, 0) is 43.0 Å². The smallest absolute Gasteiger partial charge is 0.123 e. The van der Waals surface area contributed by atoms with E-state index in [2.05, 4.69) is 24.6 Å². The molecule has 0 saturated carbocycles. The van der Waals surface area contributed by atoms with Crippen molar-refractivity contribution < 1.29 is 4.39 Å². The number of thioether (sulfide) groups is 1. The number of halogens is 1. The van der Waals surface area contributed by atoms with Gasteiger partial charge in [-0.1, -0.05) is 6.92 Å². The number of nitrogens with zero attached hydrogens (tertiary/aromatic N) is 1. The van der Waals surface area contributed by atoms with E-state index in [1.54, 1.807) is 0 Å². The zero-order valence-corrected chi connectivity index (χ0v) is 11.0. The molecule has 0 aliphatic carbocycles. The van der Waals surface area contributed by atoms with Crippen molar-refractivity contribution in [3.8, 4) is 6.07 Å². The summed E-state index contributed by atoms with van der Waals surface area (Å²) in [6.07, 6.45) is 3.16. The molecule has 0 bridgehead atoms. The number of hydrogen-bond acceptors (Lipinski definition) is 3. The zero-order chi connectivity index (χ0) is 12.7. The van der Waals surface area contributed by atoms with Gasteiger partial charge in [0.1, 0.15) is 5.82 Å². The van der Waals surface area contributed by atoms with Crippen molar-refractivity contribution in [1.29, 1.82) is 5.26 Å². The highest BCUT2D eigenvalue weighted by Gasteiger charge is 2.04. The summed E-state index contributed by atoms with van der Waals surface area (Å²) in [4.78, 5) is 0. The molecule has 1 N–H and O–H groups in total. The van der Waals surface area contributed by atoms with Crippen LogP contribution in [0.4, 0.5) is 4.39 Å². The largest absolute Gasteiger partial charge is 0.313 e. The van der Waals surface area contributed by atoms with Gasteiger partial charge in [-0.25, -0.2) is 4.39 Å². The third kappa shape index (κ3) is 4.76. The minimum absolute atomic E-state index is 0.293. The normalized spacial score (nSPS) is 12.1. The van der Waals surface area contributed by atoms with E-state index in [0.717, 1.165) is 18.5 Å². The van der Waals surface area contributed by atoms with E-state index in [0.29, 0.717) is 17.4 Å². The standard InChI is InChI=1S/C13H17FN2S/c1-10(17-2)5-6-16-9-12-7-13(14)4-3-11(12)8-15/h3-4,7,10,16H,5-6,9H2,1-2H3. The summed E-state index contributed by atoms with van der Waals surface area (Å²) in [7, 11) is 0. The van der Waals surface area contributed by atoms with Gasteiger partial charge in [0.15, 0.2) is 0 Å². The summed E-state index contributed by atoms with van der Waals surface area (Å²) >= 11 is 1.83. The Bertz CT molecular complexity index is 401. The van der Waals surface area contributed by atoms with Gasteiger partial charge in [-0.15, -0.1) is 0 Å². The van der Waals surface area contributed by atoms with Crippen molar-refractivity contribution in [3.63, 3.8) is 0 Å². The lowest BCUT2D eigenvalue weighted by molar-refractivity contribution is 0.615. The summed E-state index contributed by atoms with van der Waals surface area (Å²) < 4.78 is 13.0. The van der Waals surface area contributed by atoms with Crippen molar-refractivity contribution in [2.75, 3.05) is 12.8 Å². The van der Waals surface area contributed by atoms with Crippen molar-refractivity contribution in [1.82, 2.24) is 5.32 Å². The highest BCUT2D eigenvalue weighted by atomic mass is 32.2. The first kappa shape index (κ1) is 14.0. The first-order valence-electron chi connectivity index (χ1n) is 5.59. The molecule has 1 unspecified atom stereocenters. The van der Waals surface area contributed by atoms with Crippen LogP contribution in [0.25, 0.3) is 0 Å². The van der Waals surface area contributed by atoms with Gasteiger partial charge < -0.3 is 5.32 Å². The van der Waals surface area contributed by atoms with Gasteiger partial charge >= 0.3 is 0 Å². The molecule has 0 saturated heterocycles. The highest BCUT2D eigenvalue weighted by Crippen LogP contribution is 2.11. The van der Waals surface area contributed by atoms with E-state index in [1.165, 1.54) is 18.2 Å². The molecule has 0 aliphatic rings. The Kier molecular flexibility index (Phi) is 6.03. The average molecular weight is 252 g/mol. The third-order valence-corrected chi connectivity index (χ3v) is 3.67. The van der Waals surface area contributed by atoms with Crippen LogP contribution in [-0.4, -0.2) is 18.1 Å². The number of hydrogen-bond donors (Lipinski definition) is 1. The number of nitrogens with one attached hydrogen (secondary N) is 1. The van der Waals surface area contributed by atoms with Crippen LogP contribution in [0.5, 0.6) is 0 Å². The Morgan fingerprint density at radius 3 is 2.94 bits per heavy atom. The Hall–Kier alpha value is -1.05. The molecular weight excluding hydrogens is 235 g/mol. The lowest BCUT2D eigenvalue weighted by atomic mass is 10.1. The van der Waals surface area contributed by atoms with Gasteiger partial charge in [0, 0.05) is 11.8 Å². The van der Waals surface area contributed by atoms with E-state index >= 15 is 0 Å². The maximum Gasteiger partial charge on any atom is 0.123 e. The second-order valence-corrected chi connectivity index (χ2v) is 5.20. The summed E-state index contributed by atoms with van der Waals surface area (Å²) in [5, 5.41) is 12.7. The molecular formula is C13H17FN2S. The van der Waals surface area contributed by atoms with Crippen LogP contribution < -0.4 is 5.32 Å². The van der Waals surface area contributed by atoms with Crippen LogP contribution in [0.15, 0.2) is 18.2 Å². The first-order chi connectivity index (χ1) is 8.17. The Balaban J connectivity index is 2.46. The SMILES string of the molecule is CSC(C)CCNCc1cc(F)ccc1C#N. The molecule has 92 valence electrons. The summed E-state index contributed by atoms with van der Waals surface area (Å²) in [5.74, 6) is -0.293. The summed E-state index contributed by atoms with van der Waals surface area (Å²) in [6.45, 7) is 3.60. The molecule has 17 heavy (non-hydrogen) atoms. The first-order valence-corrected chi connectivity index (χ1v) is 6.88. The number of rotatable bonds is 6. The van der Waals surface area contributed by atoms with Gasteiger partial charge in [0.25, 0.3) is 0 Å². The predicted molar refractivity (Wildman–Crippen MR) is 70.4 cm³/mol. The predicted octanol–water partition coefficient (Wildman–Crippen LogP) is 2.93. The molecule has 1 aromatic carbocycles. The molecule has 0 aromatic heterocycles. The fourth-order valence-corrected chi connectivity index (χ4v) is 1.82. The van der Waals surface area contributed by atoms with Crippen LogP contribution in [0.3, 0.4) is 0 Å². The molecule has 0 radical (unpaired) electrons. The molecule has 2 nitrogen and oxygen atoms in total. The fourth-order valence-electron chi connectivity index (χ4n) is 1.46. The van der Waals surface area contributed by atoms with Gasteiger partial charge in [-0.3, -0.25) is 0 Å². The van der Waals surface area contributed by atoms with E-state index in [1.807, 2.05) is 11.8 Å². The second-order valence-electron chi connectivity index (χ2n) is 3.93. The van der Waals surface area contributed by atoms with Crippen LogP contribution in [-0.2, 0) is 6.54 Å². The Labute approximate surface area is 106 Å². The quantitative estimate of drug-likeness (QED) is 0.791. The second kappa shape index (κ2) is 7.31. The summed E-state index contributed by atoms with van der Waals surface area (Å²) in [5.41, 5.74) is 1.26. The monoisotopic (exact) mass is 252 g/mol. The number of nitriles is 1. The summed E-state index contributed by atoms with van der Waals surface area (Å²) in [6, 6.07) is 6.34. The van der Waals surface area contributed by atoms with Crippen molar-refractivity contribution in [2.45, 2.75) is 25.1 Å².